The molecule has 27 heavy (non-hydrogen) atoms. The summed E-state index contributed by atoms with van der Waals surface area (Å²) in [5.74, 6) is 0.964. The molecule has 0 atom stereocenters. The quantitative estimate of drug-likeness (QED) is 0.342. The van der Waals surface area contributed by atoms with Gasteiger partial charge in [-0.3, -0.25) is 9.36 Å². The van der Waals surface area contributed by atoms with Crippen LogP contribution in [0.4, 0.5) is 0 Å². The molecule has 0 fully saturated rings. The van der Waals surface area contributed by atoms with Crippen molar-refractivity contribution in [3.05, 3.63) is 60.2 Å². The monoisotopic (exact) mass is 443 g/mol. The van der Waals surface area contributed by atoms with Gasteiger partial charge >= 0.3 is 110 Å². The summed E-state index contributed by atoms with van der Waals surface area (Å²) >= 11 is 0. The van der Waals surface area contributed by atoms with E-state index in [9.17, 15) is 9.36 Å². The van der Waals surface area contributed by atoms with Crippen LogP contribution in [0.1, 0.15) is 14.8 Å². The third-order valence-corrected chi connectivity index (χ3v) is 4.29. The van der Waals surface area contributed by atoms with Crippen molar-refractivity contribution < 1.29 is 130 Å². The van der Waals surface area contributed by atoms with Crippen molar-refractivity contribution in [2.75, 3.05) is 19.8 Å². The summed E-state index contributed by atoms with van der Waals surface area (Å²) in [7, 11) is -2.77. The molecule has 0 aromatic heterocycles. The molecule has 2 aromatic carbocycles. The Morgan fingerprint density at radius 3 is 2.33 bits per heavy atom. The molecular weight excluding hydrogens is 419 g/mol. The largest absolute Gasteiger partial charge is 1.00 e. The standard InChI is InChI=1S/C18H22NO5P.2K.2H/c1-19(18(20)14-25(21,22)23)12-6-8-15-7-5-11-17(13-15)24-16-9-3-2-4-10-16;;;;/h2-5,7,9-11,13H,6,8,12,14H2,1H3,(H2,21,22,23);;;;/q;2*+1;2*-1. The van der Waals surface area contributed by atoms with Crippen molar-refractivity contribution in [2.24, 2.45) is 0 Å². The van der Waals surface area contributed by atoms with Gasteiger partial charge in [0.15, 0.2) is 0 Å². The minimum Gasteiger partial charge on any atom is -1.00 e. The number of rotatable bonds is 8. The number of benzene rings is 2. The molecule has 0 bridgehead atoms. The molecule has 1 amide bonds. The summed E-state index contributed by atoms with van der Waals surface area (Å²) in [4.78, 5) is 30.7. The smallest absolute Gasteiger partial charge is 1.00 e. The number of carbonyl (C=O) groups is 1. The van der Waals surface area contributed by atoms with E-state index < -0.39 is 19.7 Å². The van der Waals surface area contributed by atoms with Crippen LogP contribution in [0, 0.1) is 0 Å². The average molecular weight is 444 g/mol. The Morgan fingerprint density at radius 2 is 1.70 bits per heavy atom. The minimum atomic E-state index is -4.31. The van der Waals surface area contributed by atoms with Crippen molar-refractivity contribution >= 4 is 13.5 Å². The Kier molecular flexibility index (Phi) is 14.8. The number of hydrogen-bond donors (Lipinski definition) is 2. The van der Waals surface area contributed by atoms with Crippen LogP contribution in [0.15, 0.2) is 54.6 Å². The van der Waals surface area contributed by atoms with Crippen molar-refractivity contribution in [3.63, 3.8) is 0 Å². The van der Waals surface area contributed by atoms with E-state index in [1.807, 2.05) is 54.6 Å². The first-order valence-electron chi connectivity index (χ1n) is 7.94. The van der Waals surface area contributed by atoms with Gasteiger partial charge in [-0.1, -0.05) is 30.3 Å². The van der Waals surface area contributed by atoms with Gasteiger partial charge in [-0.15, -0.1) is 0 Å². The molecule has 6 nitrogen and oxygen atoms in total. The summed E-state index contributed by atoms with van der Waals surface area (Å²) in [5, 5.41) is 0. The van der Waals surface area contributed by atoms with Crippen molar-refractivity contribution in [1.82, 2.24) is 4.90 Å². The van der Waals surface area contributed by atoms with Gasteiger partial charge in [-0.2, -0.15) is 0 Å². The van der Waals surface area contributed by atoms with Gasteiger partial charge in [0.05, 0.1) is 0 Å². The average Bonchev–Trinajstić information content (AvgIpc) is 2.54. The summed E-state index contributed by atoms with van der Waals surface area (Å²) in [6.07, 6.45) is 0.682. The molecule has 0 unspecified atom stereocenters. The van der Waals surface area contributed by atoms with Crippen LogP contribution in [0.2, 0.25) is 0 Å². The Balaban J connectivity index is -0.00000169. The number of para-hydroxylation sites is 1. The first kappa shape index (κ1) is 28.1. The van der Waals surface area contributed by atoms with Gasteiger partial charge in [0.25, 0.3) is 0 Å². The SMILES string of the molecule is CN(CCCc1cccc(Oc2ccccc2)c1)C(=O)CP(=O)(O)O.[H-].[H-].[K+].[K+]. The van der Waals surface area contributed by atoms with Crippen LogP contribution < -0.4 is 108 Å². The Labute approximate surface area is 248 Å². The molecule has 0 heterocycles. The van der Waals surface area contributed by atoms with E-state index in [0.717, 1.165) is 23.5 Å². The van der Waals surface area contributed by atoms with Gasteiger partial charge in [0.2, 0.25) is 5.91 Å². The van der Waals surface area contributed by atoms with Crippen molar-refractivity contribution in [1.29, 1.82) is 0 Å². The van der Waals surface area contributed by atoms with Crippen LogP contribution in [0.3, 0.4) is 0 Å². The Bertz CT molecular complexity index is 765. The number of hydrogen-bond acceptors (Lipinski definition) is 3. The first-order valence-corrected chi connectivity index (χ1v) is 9.73. The summed E-state index contributed by atoms with van der Waals surface area (Å²) in [5.41, 5.74) is 1.07. The zero-order valence-electron chi connectivity index (χ0n) is 18.0. The number of aryl methyl sites for hydroxylation is 1. The van der Waals surface area contributed by atoms with Gasteiger partial charge in [-0.25, -0.2) is 0 Å². The fraction of sp³-hybridized carbons (Fsp3) is 0.278. The van der Waals surface area contributed by atoms with Crippen LogP contribution in [0.25, 0.3) is 0 Å². The molecule has 2 N–H and O–H groups in total. The Hall–Kier alpha value is 1.13. The third-order valence-electron chi connectivity index (χ3n) is 3.60. The van der Waals surface area contributed by atoms with Crippen LogP contribution >= 0.6 is 7.60 Å². The molecular formula is C18H24K2NO5P. The van der Waals surface area contributed by atoms with Crippen LogP contribution in [0.5, 0.6) is 11.5 Å². The molecule has 2 rings (SSSR count). The van der Waals surface area contributed by atoms with E-state index in [1.54, 1.807) is 7.05 Å². The maximum absolute atomic E-state index is 11.7. The van der Waals surface area contributed by atoms with E-state index in [-0.39, 0.29) is 106 Å². The van der Waals surface area contributed by atoms with E-state index in [0.29, 0.717) is 13.0 Å². The summed E-state index contributed by atoms with van der Waals surface area (Å²) < 4.78 is 16.7. The van der Waals surface area contributed by atoms with Crippen LogP contribution in [-0.4, -0.2) is 40.3 Å². The fourth-order valence-corrected chi connectivity index (χ4v) is 2.92. The first-order chi connectivity index (χ1) is 11.8. The molecule has 138 valence electrons. The van der Waals surface area contributed by atoms with E-state index in [4.69, 9.17) is 14.5 Å². The molecule has 0 saturated carbocycles. The van der Waals surface area contributed by atoms with E-state index in [1.165, 1.54) is 4.90 Å². The summed E-state index contributed by atoms with van der Waals surface area (Å²) in [6, 6.07) is 17.2. The fourth-order valence-electron chi connectivity index (χ4n) is 2.33. The molecule has 2 aromatic rings. The third kappa shape index (κ3) is 11.8. The predicted octanol–water partition coefficient (Wildman–Crippen LogP) is -2.72. The number of amides is 1. The molecule has 0 spiro atoms. The summed E-state index contributed by atoms with van der Waals surface area (Å²) in [6.45, 7) is 0.433. The number of nitrogens with zero attached hydrogens (tertiary/aromatic N) is 1. The Morgan fingerprint density at radius 1 is 1.07 bits per heavy atom. The number of ether oxygens (including phenoxy) is 1. The van der Waals surface area contributed by atoms with Crippen LogP contribution in [-0.2, 0) is 15.8 Å². The molecule has 0 aliphatic carbocycles. The van der Waals surface area contributed by atoms with E-state index in [2.05, 4.69) is 0 Å². The zero-order chi connectivity index (χ0) is 18.3. The second-order valence-electron chi connectivity index (χ2n) is 5.80. The molecule has 9 heteroatoms. The normalized spacial score (nSPS) is 10.3. The zero-order valence-corrected chi connectivity index (χ0v) is 23.2. The van der Waals surface area contributed by atoms with Gasteiger partial charge in [-0.05, 0) is 42.7 Å². The second kappa shape index (κ2) is 14.2. The van der Waals surface area contributed by atoms with E-state index >= 15 is 0 Å². The minimum absolute atomic E-state index is 0. The topological polar surface area (TPSA) is 87.1 Å². The molecule has 0 aliphatic heterocycles. The maximum Gasteiger partial charge on any atom is 1.00 e. The van der Waals surface area contributed by atoms with Gasteiger partial charge < -0.3 is 22.3 Å². The number of carbonyl (C=O) groups excluding carboxylic acids is 1. The van der Waals surface area contributed by atoms with Gasteiger partial charge in [0.1, 0.15) is 17.7 Å². The predicted molar refractivity (Wildman–Crippen MR) is 98.1 cm³/mol. The molecule has 0 aliphatic rings. The maximum atomic E-state index is 11.7. The van der Waals surface area contributed by atoms with Crippen molar-refractivity contribution in [3.8, 4) is 11.5 Å². The van der Waals surface area contributed by atoms with Crippen molar-refractivity contribution in [2.45, 2.75) is 12.8 Å². The molecule has 0 radical (unpaired) electrons. The second-order valence-corrected chi connectivity index (χ2v) is 7.45. The molecule has 0 saturated heterocycles. The van der Waals surface area contributed by atoms with Gasteiger partial charge in [0, 0.05) is 13.6 Å².